The number of carbonyl (C=O) groups excluding carboxylic acids is 1. The van der Waals surface area contributed by atoms with Crippen molar-refractivity contribution >= 4 is 5.91 Å². The molecule has 0 spiro atoms. The predicted octanol–water partition coefficient (Wildman–Crippen LogP) is 2.34. The van der Waals surface area contributed by atoms with Crippen LogP contribution >= 0.6 is 0 Å². The van der Waals surface area contributed by atoms with Crippen molar-refractivity contribution in [3.05, 3.63) is 0 Å². The lowest BCUT2D eigenvalue weighted by molar-refractivity contribution is -0.124. The maximum absolute atomic E-state index is 12.3. The smallest absolute Gasteiger partial charge is 0.223 e. The number of carbonyl (C=O) groups is 1. The van der Waals surface area contributed by atoms with Crippen molar-refractivity contribution < 1.29 is 9.90 Å². The normalized spacial score (nSPS) is 32.6. The van der Waals surface area contributed by atoms with Crippen LogP contribution in [0.25, 0.3) is 0 Å². The van der Waals surface area contributed by atoms with Crippen LogP contribution in [0.1, 0.15) is 52.9 Å². The zero-order valence-corrected chi connectivity index (χ0v) is 11.9. The van der Waals surface area contributed by atoms with Crippen LogP contribution in [-0.4, -0.2) is 23.7 Å². The lowest BCUT2D eigenvalue weighted by Gasteiger charge is -2.31. The molecule has 0 saturated heterocycles. The quantitative estimate of drug-likeness (QED) is 0.808. The Bertz CT molecular complexity index is 296. The minimum Gasteiger partial charge on any atom is -0.396 e. The van der Waals surface area contributed by atoms with Gasteiger partial charge < -0.3 is 10.4 Å². The topological polar surface area (TPSA) is 49.3 Å². The molecule has 2 rings (SSSR count). The number of amides is 1. The van der Waals surface area contributed by atoms with Gasteiger partial charge in [-0.2, -0.15) is 0 Å². The first-order valence-corrected chi connectivity index (χ1v) is 7.36. The fourth-order valence-corrected chi connectivity index (χ4v) is 3.50. The van der Waals surface area contributed by atoms with E-state index < -0.39 is 0 Å². The predicted molar refractivity (Wildman–Crippen MR) is 72.0 cm³/mol. The molecule has 2 fully saturated rings. The third kappa shape index (κ3) is 2.87. The van der Waals surface area contributed by atoms with Crippen molar-refractivity contribution in [3.8, 4) is 0 Å². The number of hydrogen-bond acceptors (Lipinski definition) is 2. The van der Waals surface area contributed by atoms with Crippen LogP contribution in [0.15, 0.2) is 0 Å². The van der Waals surface area contributed by atoms with Gasteiger partial charge in [-0.3, -0.25) is 4.79 Å². The molecule has 0 aromatic rings. The van der Waals surface area contributed by atoms with Gasteiger partial charge in [-0.15, -0.1) is 0 Å². The molecule has 2 aliphatic carbocycles. The summed E-state index contributed by atoms with van der Waals surface area (Å²) in [4.78, 5) is 12.3. The van der Waals surface area contributed by atoms with E-state index in [0.29, 0.717) is 18.3 Å². The van der Waals surface area contributed by atoms with Crippen LogP contribution in [-0.2, 0) is 4.79 Å². The van der Waals surface area contributed by atoms with E-state index in [1.807, 2.05) is 0 Å². The van der Waals surface area contributed by atoms with Gasteiger partial charge in [0.05, 0.1) is 0 Å². The first kappa shape index (κ1) is 13.9. The second-order valence-electron chi connectivity index (χ2n) is 7.08. The van der Waals surface area contributed by atoms with E-state index in [0.717, 1.165) is 0 Å². The highest BCUT2D eigenvalue weighted by atomic mass is 16.3. The Labute approximate surface area is 110 Å². The Hall–Kier alpha value is -0.570. The standard InChI is InChI=1S/C15H27NO2/c1-15(2,3)12(8-9-17)16-14(18)13-10-6-4-5-7-11(10)13/h10-13,17H,4-9H2,1-3H3,(H,16,18). The number of rotatable bonds is 4. The summed E-state index contributed by atoms with van der Waals surface area (Å²) in [6.45, 7) is 6.49. The summed E-state index contributed by atoms with van der Waals surface area (Å²) in [7, 11) is 0. The van der Waals surface area contributed by atoms with Gasteiger partial charge in [0.2, 0.25) is 5.91 Å². The molecular formula is C15H27NO2. The van der Waals surface area contributed by atoms with Crippen LogP contribution < -0.4 is 5.32 Å². The van der Waals surface area contributed by atoms with Crippen LogP contribution in [0.4, 0.5) is 0 Å². The molecule has 0 aromatic heterocycles. The highest BCUT2D eigenvalue weighted by Crippen LogP contribution is 2.55. The Morgan fingerprint density at radius 2 is 1.83 bits per heavy atom. The molecule has 2 N–H and O–H groups in total. The van der Waals surface area contributed by atoms with E-state index in [2.05, 4.69) is 26.1 Å². The van der Waals surface area contributed by atoms with Crippen molar-refractivity contribution in [1.29, 1.82) is 0 Å². The van der Waals surface area contributed by atoms with Gasteiger partial charge in [0, 0.05) is 18.6 Å². The molecule has 0 heterocycles. The molecule has 3 nitrogen and oxygen atoms in total. The molecule has 3 atom stereocenters. The lowest BCUT2D eigenvalue weighted by atomic mass is 9.85. The molecular weight excluding hydrogens is 226 g/mol. The number of aliphatic hydroxyl groups excluding tert-OH is 1. The number of hydrogen-bond donors (Lipinski definition) is 2. The SMILES string of the molecule is CC(C)(C)C(CCO)NC(=O)C1C2CCCCC21. The molecule has 0 aliphatic heterocycles. The third-order valence-electron chi connectivity index (χ3n) is 4.74. The van der Waals surface area contributed by atoms with E-state index >= 15 is 0 Å². The maximum Gasteiger partial charge on any atom is 0.223 e. The number of aliphatic hydroxyl groups is 1. The fourth-order valence-electron chi connectivity index (χ4n) is 3.50. The zero-order valence-electron chi connectivity index (χ0n) is 11.9. The van der Waals surface area contributed by atoms with Gasteiger partial charge in [-0.1, -0.05) is 33.6 Å². The van der Waals surface area contributed by atoms with Crippen LogP contribution in [0, 0.1) is 23.2 Å². The number of nitrogens with one attached hydrogen (secondary N) is 1. The average Bonchev–Trinajstić information content (AvgIpc) is 3.01. The summed E-state index contributed by atoms with van der Waals surface area (Å²) >= 11 is 0. The summed E-state index contributed by atoms with van der Waals surface area (Å²) in [5.41, 5.74) is 0.0124. The molecule has 2 aliphatic rings. The Morgan fingerprint density at radius 1 is 1.28 bits per heavy atom. The Morgan fingerprint density at radius 3 is 2.28 bits per heavy atom. The van der Waals surface area contributed by atoms with E-state index in [-0.39, 0.29) is 29.9 Å². The molecule has 3 heteroatoms. The molecule has 1 amide bonds. The molecule has 18 heavy (non-hydrogen) atoms. The van der Waals surface area contributed by atoms with Crippen molar-refractivity contribution in [2.45, 2.75) is 58.9 Å². The van der Waals surface area contributed by atoms with Gasteiger partial charge in [-0.25, -0.2) is 0 Å². The molecule has 104 valence electrons. The third-order valence-corrected chi connectivity index (χ3v) is 4.74. The van der Waals surface area contributed by atoms with Crippen molar-refractivity contribution in [2.75, 3.05) is 6.61 Å². The second-order valence-corrected chi connectivity index (χ2v) is 7.08. The maximum atomic E-state index is 12.3. The van der Waals surface area contributed by atoms with E-state index in [1.165, 1.54) is 25.7 Å². The summed E-state index contributed by atoms with van der Waals surface area (Å²) in [6, 6.07) is 0.0812. The molecule has 3 unspecified atom stereocenters. The Kier molecular flexibility index (Phi) is 4.00. The molecule has 0 bridgehead atoms. The van der Waals surface area contributed by atoms with Gasteiger partial charge in [0.25, 0.3) is 0 Å². The molecule has 0 radical (unpaired) electrons. The first-order chi connectivity index (χ1) is 8.45. The van der Waals surface area contributed by atoms with E-state index in [1.54, 1.807) is 0 Å². The first-order valence-electron chi connectivity index (χ1n) is 7.36. The molecule has 2 saturated carbocycles. The van der Waals surface area contributed by atoms with Crippen molar-refractivity contribution in [3.63, 3.8) is 0 Å². The minimum absolute atomic E-state index is 0.0124. The van der Waals surface area contributed by atoms with Gasteiger partial charge in [0.15, 0.2) is 0 Å². The fraction of sp³-hybridized carbons (Fsp3) is 0.933. The number of fused-ring (bicyclic) bond motifs is 1. The second kappa shape index (κ2) is 5.20. The average molecular weight is 253 g/mol. The summed E-state index contributed by atoms with van der Waals surface area (Å²) < 4.78 is 0. The van der Waals surface area contributed by atoms with Crippen LogP contribution in [0.2, 0.25) is 0 Å². The van der Waals surface area contributed by atoms with Crippen molar-refractivity contribution in [1.82, 2.24) is 5.32 Å². The molecule has 0 aromatic carbocycles. The van der Waals surface area contributed by atoms with E-state index in [9.17, 15) is 4.79 Å². The van der Waals surface area contributed by atoms with Crippen LogP contribution in [0.5, 0.6) is 0 Å². The highest BCUT2D eigenvalue weighted by Gasteiger charge is 2.55. The van der Waals surface area contributed by atoms with Gasteiger partial charge >= 0.3 is 0 Å². The van der Waals surface area contributed by atoms with E-state index in [4.69, 9.17) is 5.11 Å². The van der Waals surface area contributed by atoms with Gasteiger partial charge in [-0.05, 0) is 36.5 Å². The monoisotopic (exact) mass is 253 g/mol. The summed E-state index contributed by atoms with van der Waals surface area (Å²) in [6.07, 6.45) is 5.72. The van der Waals surface area contributed by atoms with Crippen LogP contribution in [0.3, 0.4) is 0 Å². The van der Waals surface area contributed by atoms with Gasteiger partial charge in [0.1, 0.15) is 0 Å². The highest BCUT2D eigenvalue weighted by molar-refractivity contribution is 5.82. The lowest BCUT2D eigenvalue weighted by Crippen LogP contribution is -2.45. The van der Waals surface area contributed by atoms with Crippen molar-refractivity contribution in [2.24, 2.45) is 23.2 Å². The summed E-state index contributed by atoms with van der Waals surface area (Å²) in [5, 5.41) is 12.3. The largest absolute Gasteiger partial charge is 0.396 e. The summed E-state index contributed by atoms with van der Waals surface area (Å²) in [5.74, 6) is 1.83. The zero-order chi connectivity index (χ0) is 13.3. The minimum atomic E-state index is 0.0124. The Balaban J connectivity index is 1.90.